The summed E-state index contributed by atoms with van der Waals surface area (Å²) in [5.41, 5.74) is 0. The molecule has 0 aliphatic carbocycles. The van der Waals surface area contributed by atoms with E-state index in [1.165, 1.54) is 37.5 Å². The minimum Gasteiger partial charge on any atom is -0.310 e. The van der Waals surface area contributed by atoms with Gasteiger partial charge in [0.25, 0.3) is 0 Å². The molecule has 1 unspecified atom stereocenters. The monoisotopic (exact) mass is 213 g/mol. The average Bonchev–Trinajstić information content (AvgIpc) is 2.16. The Balaban J connectivity index is 3.57. The Morgan fingerprint density at radius 3 is 2.36 bits per heavy atom. The topological polar surface area (TPSA) is 3.24 Å². The number of hydrogen-bond donors (Lipinski definition) is 0. The van der Waals surface area contributed by atoms with E-state index in [1.54, 1.807) is 0 Å². The van der Waals surface area contributed by atoms with Crippen LogP contribution < -0.4 is 0 Å². The molecule has 1 atom stereocenters. The van der Waals surface area contributed by atoms with Crippen LogP contribution in [0.25, 0.3) is 0 Å². The van der Waals surface area contributed by atoms with Crippen LogP contribution in [-0.4, -0.2) is 34.3 Å². The SMILES string of the molecule is CCCC=CC[SiH](CC)CCN(C)C. The molecular weight excluding hydrogens is 186 g/mol. The normalized spacial score (nSPS) is 14.1. The molecule has 0 bridgehead atoms. The Labute approximate surface area is 91.8 Å². The first kappa shape index (κ1) is 13.9. The van der Waals surface area contributed by atoms with Gasteiger partial charge in [-0.15, -0.1) is 0 Å². The summed E-state index contributed by atoms with van der Waals surface area (Å²) >= 11 is 0. The maximum absolute atomic E-state index is 2.43. The van der Waals surface area contributed by atoms with Gasteiger partial charge in [0.15, 0.2) is 0 Å². The van der Waals surface area contributed by atoms with E-state index in [4.69, 9.17) is 0 Å². The number of nitrogens with zero attached hydrogens (tertiary/aromatic N) is 1. The molecule has 0 saturated heterocycles. The van der Waals surface area contributed by atoms with E-state index in [2.05, 4.69) is 45.0 Å². The zero-order valence-electron chi connectivity index (χ0n) is 10.4. The van der Waals surface area contributed by atoms with Gasteiger partial charge in [-0.3, -0.25) is 0 Å². The number of hydrogen-bond acceptors (Lipinski definition) is 1. The second-order valence-electron chi connectivity index (χ2n) is 4.36. The van der Waals surface area contributed by atoms with Crippen molar-refractivity contribution in [2.24, 2.45) is 0 Å². The van der Waals surface area contributed by atoms with Gasteiger partial charge in [-0.05, 0) is 39.1 Å². The quantitative estimate of drug-likeness (QED) is 0.442. The predicted octanol–water partition coefficient (Wildman–Crippen LogP) is 3.15. The molecule has 0 aromatic rings. The Hall–Kier alpha value is -0.0831. The van der Waals surface area contributed by atoms with Crippen LogP contribution in [0.4, 0.5) is 0 Å². The van der Waals surface area contributed by atoms with Gasteiger partial charge >= 0.3 is 0 Å². The molecule has 0 fully saturated rings. The molecule has 0 saturated carbocycles. The standard InChI is InChI=1S/C12H27NSi/c1-5-7-8-9-11-14(6-2)12-10-13(3)4/h8-9,14H,5-7,10-12H2,1-4H3. The van der Waals surface area contributed by atoms with Crippen molar-refractivity contribution >= 4 is 8.80 Å². The summed E-state index contributed by atoms with van der Waals surface area (Å²) < 4.78 is 0. The van der Waals surface area contributed by atoms with Crippen molar-refractivity contribution in [3.05, 3.63) is 12.2 Å². The lowest BCUT2D eigenvalue weighted by atomic mass is 10.3. The first-order valence-corrected chi connectivity index (χ1v) is 8.45. The molecule has 0 N–H and O–H groups in total. The van der Waals surface area contributed by atoms with Crippen molar-refractivity contribution < 1.29 is 0 Å². The van der Waals surface area contributed by atoms with E-state index in [1.807, 2.05) is 0 Å². The van der Waals surface area contributed by atoms with Gasteiger partial charge in [0, 0.05) is 8.80 Å². The summed E-state index contributed by atoms with van der Waals surface area (Å²) in [6.45, 7) is 5.89. The Bertz CT molecular complexity index is 143. The van der Waals surface area contributed by atoms with Crippen LogP contribution >= 0.6 is 0 Å². The number of rotatable bonds is 8. The van der Waals surface area contributed by atoms with Gasteiger partial charge in [-0.2, -0.15) is 0 Å². The molecule has 0 heterocycles. The van der Waals surface area contributed by atoms with Crippen LogP contribution in [0.2, 0.25) is 18.1 Å². The van der Waals surface area contributed by atoms with Crippen molar-refractivity contribution in [3.8, 4) is 0 Å². The van der Waals surface area contributed by atoms with Gasteiger partial charge < -0.3 is 4.90 Å². The van der Waals surface area contributed by atoms with E-state index in [0.29, 0.717) is 0 Å². The van der Waals surface area contributed by atoms with Gasteiger partial charge in [-0.25, -0.2) is 0 Å². The summed E-state index contributed by atoms with van der Waals surface area (Å²) in [7, 11) is 3.91. The van der Waals surface area contributed by atoms with Crippen molar-refractivity contribution in [2.75, 3.05) is 20.6 Å². The molecule has 0 spiro atoms. The van der Waals surface area contributed by atoms with Crippen LogP contribution in [-0.2, 0) is 0 Å². The highest BCUT2D eigenvalue weighted by Crippen LogP contribution is 2.07. The third-order valence-corrected chi connectivity index (χ3v) is 5.82. The lowest BCUT2D eigenvalue weighted by Crippen LogP contribution is -2.20. The zero-order chi connectivity index (χ0) is 10.8. The van der Waals surface area contributed by atoms with E-state index in [-0.39, 0.29) is 0 Å². The van der Waals surface area contributed by atoms with E-state index < -0.39 is 8.80 Å². The van der Waals surface area contributed by atoms with Crippen LogP contribution in [0, 0.1) is 0 Å². The summed E-state index contributed by atoms with van der Waals surface area (Å²) in [5.74, 6) is 0. The van der Waals surface area contributed by atoms with Crippen LogP contribution in [0.1, 0.15) is 26.7 Å². The minimum atomic E-state index is -0.440. The molecule has 84 valence electrons. The molecule has 0 rings (SSSR count). The lowest BCUT2D eigenvalue weighted by Gasteiger charge is -2.14. The van der Waals surface area contributed by atoms with Gasteiger partial charge in [-0.1, -0.05) is 38.5 Å². The summed E-state index contributed by atoms with van der Waals surface area (Å²) in [6.07, 6.45) is 7.34. The Kier molecular flexibility index (Phi) is 9.41. The summed E-state index contributed by atoms with van der Waals surface area (Å²) in [6, 6.07) is 4.33. The fourth-order valence-corrected chi connectivity index (χ4v) is 3.94. The molecule has 14 heavy (non-hydrogen) atoms. The zero-order valence-corrected chi connectivity index (χ0v) is 11.6. The highest BCUT2D eigenvalue weighted by atomic mass is 28.3. The molecule has 0 aromatic heterocycles. The maximum Gasteiger partial charge on any atom is 0.0415 e. The second-order valence-corrected chi connectivity index (χ2v) is 7.96. The molecule has 0 aliphatic heterocycles. The Morgan fingerprint density at radius 2 is 1.86 bits per heavy atom. The van der Waals surface area contributed by atoms with Crippen LogP contribution in [0.5, 0.6) is 0 Å². The largest absolute Gasteiger partial charge is 0.310 e. The molecule has 0 amide bonds. The van der Waals surface area contributed by atoms with E-state index in [9.17, 15) is 0 Å². The molecule has 0 aliphatic rings. The average molecular weight is 213 g/mol. The smallest absolute Gasteiger partial charge is 0.0415 e. The van der Waals surface area contributed by atoms with Crippen LogP contribution in [0.15, 0.2) is 12.2 Å². The molecule has 0 aromatic carbocycles. The fraction of sp³-hybridized carbons (Fsp3) is 0.833. The van der Waals surface area contributed by atoms with E-state index >= 15 is 0 Å². The second kappa shape index (κ2) is 9.47. The van der Waals surface area contributed by atoms with Gasteiger partial charge in [0.05, 0.1) is 0 Å². The highest BCUT2D eigenvalue weighted by Gasteiger charge is 2.05. The third-order valence-electron chi connectivity index (χ3n) is 2.65. The first-order chi connectivity index (χ1) is 6.70. The summed E-state index contributed by atoms with van der Waals surface area (Å²) in [4.78, 5) is 2.31. The highest BCUT2D eigenvalue weighted by molar-refractivity contribution is 6.59. The molecular formula is C12H27NSi. The van der Waals surface area contributed by atoms with E-state index in [0.717, 1.165) is 0 Å². The van der Waals surface area contributed by atoms with Gasteiger partial charge in [0.1, 0.15) is 0 Å². The molecule has 0 radical (unpaired) electrons. The van der Waals surface area contributed by atoms with Crippen molar-refractivity contribution in [2.45, 2.75) is 44.8 Å². The number of allylic oxidation sites excluding steroid dienone is 2. The summed E-state index contributed by atoms with van der Waals surface area (Å²) in [5, 5.41) is 0. The van der Waals surface area contributed by atoms with Crippen molar-refractivity contribution in [3.63, 3.8) is 0 Å². The van der Waals surface area contributed by atoms with Gasteiger partial charge in [0.2, 0.25) is 0 Å². The Morgan fingerprint density at radius 1 is 1.14 bits per heavy atom. The third kappa shape index (κ3) is 8.51. The first-order valence-electron chi connectivity index (χ1n) is 6.00. The predicted molar refractivity (Wildman–Crippen MR) is 69.8 cm³/mol. The van der Waals surface area contributed by atoms with Crippen molar-refractivity contribution in [1.82, 2.24) is 4.90 Å². The molecule has 2 heteroatoms. The lowest BCUT2D eigenvalue weighted by molar-refractivity contribution is 0.432. The van der Waals surface area contributed by atoms with Crippen molar-refractivity contribution in [1.29, 1.82) is 0 Å². The van der Waals surface area contributed by atoms with Crippen LogP contribution in [0.3, 0.4) is 0 Å². The minimum absolute atomic E-state index is 0.440. The fourth-order valence-electron chi connectivity index (χ4n) is 1.50. The molecule has 1 nitrogen and oxygen atoms in total. The maximum atomic E-state index is 2.43. The number of unbranched alkanes of at least 4 members (excludes halogenated alkanes) is 1.